The number of aromatic nitrogens is 1. The molecule has 0 aliphatic heterocycles. The van der Waals surface area contributed by atoms with Crippen LogP contribution in [0.4, 0.5) is 5.82 Å². The highest BCUT2D eigenvalue weighted by Gasteiger charge is 2.18. The van der Waals surface area contributed by atoms with Crippen molar-refractivity contribution in [3.63, 3.8) is 0 Å². The number of H-pyrrole nitrogens is 1. The molecule has 1 heterocycles. The average molecular weight is 400 g/mol. The Morgan fingerprint density at radius 2 is 1.67 bits per heavy atom. The fraction of sp³-hybridized carbons (Fsp3) is 0.0909. The molecule has 0 spiro atoms. The largest absolute Gasteiger partial charge is 0.489 e. The quantitative estimate of drug-likeness (QED) is 0.627. The van der Waals surface area contributed by atoms with Gasteiger partial charge >= 0.3 is 5.97 Å². The molecule has 0 amide bonds. The average Bonchev–Trinajstić information content (AvgIpc) is 2.77. The molecule has 3 rings (SSSR count). The smallest absolute Gasteiger partial charge is 0.337 e. The zero-order chi connectivity index (χ0) is 21.7. The minimum Gasteiger partial charge on any atom is -0.489 e. The first-order valence-corrected chi connectivity index (χ1v) is 8.75. The Labute approximate surface area is 171 Å². The number of nitrogens with zero attached hydrogens (tertiary/aromatic N) is 2. The van der Waals surface area contributed by atoms with E-state index in [4.69, 9.17) is 10.5 Å². The Balaban J connectivity index is 1.81. The molecule has 0 aliphatic carbocycles. The van der Waals surface area contributed by atoms with Crippen molar-refractivity contribution in [1.82, 2.24) is 4.98 Å². The number of carbonyl (C=O) groups is 1. The van der Waals surface area contributed by atoms with E-state index in [0.29, 0.717) is 16.9 Å². The lowest BCUT2D eigenvalue weighted by atomic mass is 9.96. The molecule has 0 saturated carbocycles. The van der Waals surface area contributed by atoms with Crippen LogP contribution in [0.25, 0.3) is 11.1 Å². The molecule has 8 nitrogen and oxygen atoms in total. The zero-order valence-corrected chi connectivity index (χ0v) is 15.9. The molecule has 8 heteroatoms. The molecule has 148 valence electrons. The second kappa shape index (κ2) is 8.63. The summed E-state index contributed by atoms with van der Waals surface area (Å²) in [4.78, 5) is 25.8. The number of hydrogen-bond acceptors (Lipinski definition) is 7. The Morgan fingerprint density at radius 3 is 2.23 bits per heavy atom. The monoisotopic (exact) mass is 400 g/mol. The van der Waals surface area contributed by atoms with Gasteiger partial charge < -0.3 is 20.2 Å². The van der Waals surface area contributed by atoms with Crippen molar-refractivity contribution in [3.05, 3.63) is 81.1 Å². The minimum absolute atomic E-state index is 0.0329. The number of rotatable bonds is 5. The van der Waals surface area contributed by atoms with Gasteiger partial charge in [-0.25, -0.2) is 4.79 Å². The second-order valence-electron chi connectivity index (χ2n) is 6.22. The van der Waals surface area contributed by atoms with Crippen molar-refractivity contribution in [2.45, 2.75) is 6.61 Å². The number of benzene rings is 2. The van der Waals surface area contributed by atoms with Crippen molar-refractivity contribution >= 4 is 11.8 Å². The number of nitrogens with two attached hydrogens (primary N) is 1. The fourth-order valence-corrected chi connectivity index (χ4v) is 2.87. The molecule has 1 aromatic heterocycles. The van der Waals surface area contributed by atoms with Crippen molar-refractivity contribution < 1.29 is 14.3 Å². The van der Waals surface area contributed by atoms with Crippen LogP contribution in [0.15, 0.2) is 53.3 Å². The van der Waals surface area contributed by atoms with Crippen LogP contribution in [-0.2, 0) is 11.3 Å². The summed E-state index contributed by atoms with van der Waals surface area (Å²) in [7, 11) is 1.32. The fourth-order valence-electron chi connectivity index (χ4n) is 2.87. The summed E-state index contributed by atoms with van der Waals surface area (Å²) < 4.78 is 10.4. The summed E-state index contributed by atoms with van der Waals surface area (Å²) in [5.74, 6) is 0.0461. The number of esters is 1. The van der Waals surface area contributed by atoms with Crippen LogP contribution < -0.4 is 16.0 Å². The SMILES string of the molecule is COC(=O)c1ccc(COc2ccc(-c3c(C#N)c(N)[nH]c(=O)c3C#N)cc2)cc1. The number of nitrogen functional groups attached to an aromatic ring is 1. The molecule has 0 fully saturated rings. The van der Waals surface area contributed by atoms with Crippen LogP contribution in [0.3, 0.4) is 0 Å². The number of pyridine rings is 1. The van der Waals surface area contributed by atoms with Crippen LogP contribution in [-0.4, -0.2) is 18.1 Å². The van der Waals surface area contributed by atoms with Gasteiger partial charge in [-0.2, -0.15) is 10.5 Å². The van der Waals surface area contributed by atoms with Gasteiger partial charge in [0.25, 0.3) is 5.56 Å². The number of aromatic amines is 1. The van der Waals surface area contributed by atoms with E-state index in [2.05, 4.69) is 9.72 Å². The molecule has 0 saturated heterocycles. The molecular formula is C22H16N4O4. The molecule has 0 radical (unpaired) electrons. The van der Waals surface area contributed by atoms with Crippen LogP contribution in [0, 0.1) is 22.7 Å². The summed E-state index contributed by atoms with van der Waals surface area (Å²) in [6.07, 6.45) is 0. The number of anilines is 1. The van der Waals surface area contributed by atoms with E-state index in [-0.39, 0.29) is 29.1 Å². The van der Waals surface area contributed by atoms with Gasteiger partial charge in [-0.15, -0.1) is 0 Å². The van der Waals surface area contributed by atoms with Gasteiger partial charge in [0.05, 0.1) is 12.7 Å². The lowest BCUT2D eigenvalue weighted by Gasteiger charge is -2.10. The van der Waals surface area contributed by atoms with Crippen LogP contribution in [0.1, 0.15) is 27.0 Å². The van der Waals surface area contributed by atoms with E-state index in [1.807, 2.05) is 12.1 Å². The highest BCUT2D eigenvalue weighted by Crippen LogP contribution is 2.29. The van der Waals surface area contributed by atoms with Crippen molar-refractivity contribution in [2.75, 3.05) is 12.8 Å². The summed E-state index contributed by atoms with van der Waals surface area (Å²) >= 11 is 0. The van der Waals surface area contributed by atoms with Crippen molar-refractivity contribution in [3.8, 4) is 29.0 Å². The summed E-state index contributed by atoms with van der Waals surface area (Å²) in [5, 5.41) is 18.7. The maximum absolute atomic E-state index is 12.0. The Morgan fingerprint density at radius 1 is 1.03 bits per heavy atom. The molecule has 30 heavy (non-hydrogen) atoms. The summed E-state index contributed by atoms with van der Waals surface area (Å²) in [6.45, 7) is 0.269. The lowest BCUT2D eigenvalue weighted by molar-refractivity contribution is 0.0600. The molecule has 2 aromatic carbocycles. The molecule has 0 bridgehead atoms. The van der Waals surface area contributed by atoms with E-state index < -0.39 is 11.5 Å². The third-order valence-corrected chi connectivity index (χ3v) is 4.39. The van der Waals surface area contributed by atoms with Gasteiger partial charge in [0.15, 0.2) is 0 Å². The summed E-state index contributed by atoms with van der Waals surface area (Å²) in [5.41, 5.74) is 6.92. The third-order valence-electron chi connectivity index (χ3n) is 4.39. The molecule has 3 N–H and O–H groups in total. The third kappa shape index (κ3) is 3.98. The first-order valence-electron chi connectivity index (χ1n) is 8.75. The first-order chi connectivity index (χ1) is 14.5. The Hall–Kier alpha value is -4.56. The predicted octanol–water partition coefficient (Wildman–Crippen LogP) is 2.73. The molecule has 0 atom stereocenters. The van der Waals surface area contributed by atoms with Gasteiger partial charge in [-0.3, -0.25) is 4.79 Å². The van der Waals surface area contributed by atoms with Gasteiger partial charge in [0.2, 0.25) is 0 Å². The number of nitrogens with one attached hydrogen (secondary N) is 1. The zero-order valence-electron chi connectivity index (χ0n) is 15.9. The van der Waals surface area contributed by atoms with Crippen LogP contribution in [0.2, 0.25) is 0 Å². The number of nitriles is 2. The molecule has 0 aliphatic rings. The van der Waals surface area contributed by atoms with Crippen LogP contribution in [0.5, 0.6) is 5.75 Å². The highest BCUT2D eigenvalue weighted by atomic mass is 16.5. The van der Waals surface area contributed by atoms with Gasteiger partial charge in [-0.1, -0.05) is 24.3 Å². The number of ether oxygens (including phenoxy) is 2. The standard InChI is InChI=1S/C22H16N4O4/c1-29-22(28)15-4-2-13(3-5-15)12-30-16-8-6-14(7-9-16)19-17(10-23)20(25)26-21(27)18(19)11-24/h2-9H,12H2,1H3,(H3,25,26,27). The minimum atomic E-state index is -0.653. The van der Waals surface area contributed by atoms with Gasteiger partial charge in [0, 0.05) is 5.56 Å². The summed E-state index contributed by atoms with van der Waals surface area (Å²) in [6, 6.07) is 17.2. The molecular weight excluding hydrogens is 384 g/mol. The maximum Gasteiger partial charge on any atom is 0.337 e. The van der Waals surface area contributed by atoms with Gasteiger partial charge in [-0.05, 0) is 35.4 Å². The maximum atomic E-state index is 12.0. The van der Waals surface area contributed by atoms with Crippen molar-refractivity contribution in [2.24, 2.45) is 0 Å². The van der Waals surface area contributed by atoms with Crippen molar-refractivity contribution in [1.29, 1.82) is 10.5 Å². The normalized spacial score (nSPS) is 9.97. The number of methoxy groups -OCH3 is 1. The predicted molar refractivity (Wildman–Crippen MR) is 108 cm³/mol. The number of hydrogen-bond donors (Lipinski definition) is 2. The van der Waals surface area contributed by atoms with E-state index in [9.17, 15) is 20.1 Å². The highest BCUT2D eigenvalue weighted by molar-refractivity contribution is 5.89. The lowest BCUT2D eigenvalue weighted by Crippen LogP contribution is -2.16. The number of carbonyl (C=O) groups excluding carboxylic acids is 1. The molecule has 0 unspecified atom stereocenters. The van der Waals surface area contributed by atoms with Crippen LogP contribution >= 0.6 is 0 Å². The Bertz CT molecular complexity index is 1230. The molecule has 3 aromatic rings. The Kier molecular flexibility index (Phi) is 5.81. The van der Waals surface area contributed by atoms with E-state index in [0.717, 1.165) is 5.56 Å². The van der Waals surface area contributed by atoms with Gasteiger partial charge in [0.1, 0.15) is 41.4 Å². The van der Waals surface area contributed by atoms with E-state index in [1.54, 1.807) is 48.5 Å². The topological polar surface area (TPSA) is 142 Å². The van der Waals surface area contributed by atoms with E-state index >= 15 is 0 Å². The first kappa shape index (κ1) is 20.2. The second-order valence-corrected chi connectivity index (χ2v) is 6.22. The van der Waals surface area contributed by atoms with E-state index in [1.165, 1.54) is 7.11 Å².